The quantitative estimate of drug-likeness (QED) is 0.751. The number of aromatic nitrogens is 2. The molecular weight excluding hydrogens is 213 g/mol. The molecule has 0 aromatic carbocycles. The number of hydrogen-bond donors (Lipinski definition) is 2. The number of nitrogens with zero attached hydrogens (tertiary/aromatic N) is 2. The number of nitrogens with two attached hydrogens (primary N) is 1. The van der Waals surface area contributed by atoms with Gasteiger partial charge in [0.15, 0.2) is 0 Å². The lowest BCUT2D eigenvalue weighted by Gasteiger charge is -2.15. The van der Waals surface area contributed by atoms with E-state index in [-0.39, 0.29) is 24.8 Å². The van der Waals surface area contributed by atoms with Gasteiger partial charge in [0.25, 0.3) is 0 Å². The van der Waals surface area contributed by atoms with Crippen LogP contribution in [-0.4, -0.2) is 27.4 Å². The molecular formula is C10H14FN3O2. The molecule has 3 atom stereocenters. The molecule has 16 heavy (non-hydrogen) atoms. The molecule has 0 bridgehead atoms. The van der Waals surface area contributed by atoms with Crippen LogP contribution in [0.1, 0.15) is 18.9 Å². The van der Waals surface area contributed by atoms with Crippen LogP contribution in [0.15, 0.2) is 17.1 Å². The Bertz CT molecular complexity index is 434. The van der Waals surface area contributed by atoms with Gasteiger partial charge < -0.3 is 10.8 Å². The van der Waals surface area contributed by atoms with E-state index in [0.29, 0.717) is 6.42 Å². The van der Waals surface area contributed by atoms with Crippen LogP contribution < -0.4 is 11.4 Å². The van der Waals surface area contributed by atoms with Gasteiger partial charge in [0.1, 0.15) is 12.0 Å². The standard InChI is InChI=1S/C10H14FN3O2/c11-7-3-6(5-15)4-8(7)14-2-1-9(12)13-10(14)16/h1-2,6-8,15H,3-5H2,(H2,12,13,16). The molecule has 88 valence electrons. The highest BCUT2D eigenvalue weighted by molar-refractivity contribution is 5.23. The third kappa shape index (κ3) is 1.92. The summed E-state index contributed by atoms with van der Waals surface area (Å²) in [6.07, 6.45) is 1.10. The average molecular weight is 227 g/mol. The van der Waals surface area contributed by atoms with E-state index in [9.17, 15) is 9.18 Å². The maximum absolute atomic E-state index is 13.7. The van der Waals surface area contributed by atoms with Gasteiger partial charge in [0.2, 0.25) is 0 Å². The van der Waals surface area contributed by atoms with Crippen molar-refractivity contribution in [2.45, 2.75) is 25.1 Å². The molecule has 0 spiro atoms. The third-order valence-corrected chi connectivity index (χ3v) is 3.02. The van der Waals surface area contributed by atoms with Gasteiger partial charge in [0.05, 0.1) is 6.04 Å². The zero-order valence-electron chi connectivity index (χ0n) is 8.71. The van der Waals surface area contributed by atoms with E-state index in [1.165, 1.54) is 16.8 Å². The van der Waals surface area contributed by atoms with Crippen molar-refractivity contribution in [2.75, 3.05) is 12.3 Å². The number of hydrogen-bond acceptors (Lipinski definition) is 4. The molecule has 0 aliphatic heterocycles. The van der Waals surface area contributed by atoms with Gasteiger partial charge in [-0.2, -0.15) is 4.98 Å². The van der Waals surface area contributed by atoms with Gasteiger partial charge in [-0.15, -0.1) is 0 Å². The topological polar surface area (TPSA) is 81.1 Å². The molecule has 1 aromatic heterocycles. The van der Waals surface area contributed by atoms with Crippen LogP contribution in [0.2, 0.25) is 0 Å². The minimum Gasteiger partial charge on any atom is -0.396 e. The van der Waals surface area contributed by atoms with Crippen molar-refractivity contribution in [2.24, 2.45) is 5.92 Å². The number of nitrogen functional groups attached to an aromatic ring is 1. The van der Waals surface area contributed by atoms with E-state index in [1.807, 2.05) is 0 Å². The predicted octanol–water partition coefficient (Wildman–Crippen LogP) is 0.107. The Morgan fingerprint density at radius 2 is 2.38 bits per heavy atom. The Balaban J connectivity index is 2.28. The number of alkyl halides is 1. The summed E-state index contributed by atoms with van der Waals surface area (Å²) in [6, 6.07) is 0.943. The maximum atomic E-state index is 13.7. The van der Waals surface area contributed by atoms with Gasteiger partial charge in [0, 0.05) is 12.8 Å². The van der Waals surface area contributed by atoms with Crippen LogP contribution in [0.4, 0.5) is 10.2 Å². The molecule has 2 rings (SSSR count). The van der Waals surface area contributed by atoms with Crippen molar-refractivity contribution < 1.29 is 9.50 Å². The monoisotopic (exact) mass is 227 g/mol. The smallest absolute Gasteiger partial charge is 0.349 e. The largest absolute Gasteiger partial charge is 0.396 e. The van der Waals surface area contributed by atoms with Gasteiger partial charge in [-0.1, -0.05) is 0 Å². The van der Waals surface area contributed by atoms with Crippen LogP contribution in [0.5, 0.6) is 0 Å². The second-order valence-corrected chi connectivity index (χ2v) is 4.15. The molecule has 0 saturated heterocycles. The lowest BCUT2D eigenvalue weighted by molar-refractivity contribution is 0.219. The van der Waals surface area contributed by atoms with Crippen molar-refractivity contribution in [1.82, 2.24) is 9.55 Å². The first kappa shape index (κ1) is 11.1. The normalized spacial score (nSPS) is 29.5. The summed E-state index contributed by atoms with van der Waals surface area (Å²) in [5.41, 5.74) is 4.82. The second kappa shape index (κ2) is 4.21. The highest BCUT2D eigenvalue weighted by Gasteiger charge is 2.35. The molecule has 1 heterocycles. The van der Waals surface area contributed by atoms with Gasteiger partial charge in [-0.05, 0) is 24.8 Å². The van der Waals surface area contributed by atoms with Crippen LogP contribution in [0.3, 0.4) is 0 Å². The molecule has 1 saturated carbocycles. The Kier molecular flexibility index (Phi) is 2.91. The first-order valence-corrected chi connectivity index (χ1v) is 5.21. The fourth-order valence-electron chi connectivity index (χ4n) is 2.18. The number of anilines is 1. The fourth-order valence-corrected chi connectivity index (χ4v) is 2.18. The Morgan fingerprint density at radius 3 is 2.94 bits per heavy atom. The summed E-state index contributed by atoms with van der Waals surface area (Å²) in [6.45, 7) is -0.0475. The maximum Gasteiger partial charge on any atom is 0.349 e. The van der Waals surface area contributed by atoms with Crippen molar-refractivity contribution in [1.29, 1.82) is 0 Å². The minimum atomic E-state index is -1.11. The zero-order chi connectivity index (χ0) is 11.7. The summed E-state index contributed by atoms with van der Waals surface area (Å²) in [7, 11) is 0. The lowest BCUT2D eigenvalue weighted by Crippen LogP contribution is -2.29. The molecule has 0 amide bonds. The molecule has 1 fully saturated rings. The van der Waals surface area contributed by atoms with Gasteiger partial charge >= 0.3 is 5.69 Å². The Morgan fingerprint density at radius 1 is 1.62 bits per heavy atom. The molecule has 3 N–H and O–H groups in total. The molecule has 1 aliphatic carbocycles. The van der Waals surface area contributed by atoms with E-state index in [1.54, 1.807) is 0 Å². The summed E-state index contributed by atoms with van der Waals surface area (Å²) < 4.78 is 14.9. The SMILES string of the molecule is Nc1ccn(C2CC(CO)CC2F)c(=O)n1. The lowest BCUT2D eigenvalue weighted by atomic mass is 10.1. The van der Waals surface area contributed by atoms with E-state index >= 15 is 0 Å². The molecule has 5 nitrogen and oxygen atoms in total. The summed E-state index contributed by atoms with van der Waals surface area (Å²) in [5, 5.41) is 8.97. The minimum absolute atomic E-state index is 0.0475. The van der Waals surface area contributed by atoms with Crippen LogP contribution in [0, 0.1) is 5.92 Å². The first-order chi connectivity index (χ1) is 7.61. The van der Waals surface area contributed by atoms with Crippen LogP contribution >= 0.6 is 0 Å². The summed E-state index contributed by atoms with van der Waals surface area (Å²) in [4.78, 5) is 15.1. The van der Waals surface area contributed by atoms with Crippen molar-refractivity contribution in [3.05, 3.63) is 22.7 Å². The van der Waals surface area contributed by atoms with Crippen molar-refractivity contribution in [3.8, 4) is 0 Å². The first-order valence-electron chi connectivity index (χ1n) is 5.21. The van der Waals surface area contributed by atoms with Crippen LogP contribution in [0.25, 0.3) is 0 Å². The van der Waals surface area contributed by atoms with Crippen molar-refractivity contribution in [3.63, 3.8) is 0 Å². The number of aliphatic hydroxyl groups is 1. The number of aliphatic hydroxyl groups excluding tert-OH is 1. The highest BCUT2D eigenvalue weighted by Crippen LogP contribution is 2.35. The van der Waals surface area contributed by atoms with E-state index in [4.69, 9.17) is 10.8 Å². The molecule has 3 unspecified atom stereocenters. The van der Waals surface area contributed by atoms with E-state index in [0.717, 1.165) is 0 Å². The average Bonchev–Trinajstić information content (AvgIpc) is 2.60. The molecule has 1 aromatic rings. The fraction of sp³-hybridized carbons (Fsp3) is 0.600. The third-order valence-electron chi connectivity index (χ3n) is 3.02. The Hall–Kier alpha value is -1.43. The molecule has 1 aliphatic rings. The van der Waals surface area contributed by atoms with Gasteiger partial charge in [-0.25, -0.2) is 9.18 Å². The van der Waals surface area contributed by atoms with E-state index < -0.39 is 17.9 Å². The second-order valence-electron chi connectivity index (χ2n) is 4.15. The predicted molar refractivity (Wildman–Crippen MR) is 56.7 cm³/mol. The number of rotatable bonds is 2. The molecule has 0 radical (unpaired) electrons. The van der Waals surface area contributed by atoms with Gasteiger partial charge in [-0.3, -0.25) is 4.57 Å². The summed E-state index contributed by atoms with van der Waals surface area (Å²) >= 11 is 0. The molecule has 6 heteroatoms. The number of halogens is 1. The Labute approximate surface area is 91.7 Å². The van der Waals surface area contributed by atoms with Crippen LogP contribution in [-0.2, 0) is 0 Å². The van der Waals surface area contributed by atoms with Crippen molar-refractivity contribution >= 4 is 5.82 Å². The zero-order valence-corrected chi connectivity index (χ0v) is 8.71. The summed E-state index contributed by atoms with van der Waals surface area (Å²) in [5.74, 6) is 0.0535. The van der Waals surface area contributed by atoms with E-state index in [2.05, 4.69) is 4.98 Å². The highest BCUT2D eigenvalue weighted by atomic mass is 19.1.